The van der Waals surface area contributed by atoms with Crippen molar-refractivity contribution in [2.45, 2.75) is 24.5 Å². The molecule has 1 atom stereocenters. The molecule has 1 aliphatic heterocycles. The summed E-state index contributed by atoms with van der Waals surface area (Å²) < 4.78 is 23.5. The number of carbonyl (C=O) groups is 1. The molecular weight excluding hydrogens is 276 g/mol. The normalized spacial score (nSPS) is 22.4. The molecule has 0 aliphatic carbocycles. The molecule has 18 heavy (non-hydrogen) atoms. The van der Waals surface area contributed by atoms with Crippen LogP contribution in [-0.2, 0) is 14.6 Å². The molecule has 1 fully saturated rings. The topological polar surface area (TPSA) is 76.1 Å². The van der Waals surface area contributed by atoms with Crippen LogP contribution in [-0.4, -0.2) is 30.3 Å². The molecule has 0 radical (unpaired) electrons. The number of sulfone groups is 1. The van der Waals surface area contributed by atoms with Gasteiger partial charge in [0.15, 0.2) is 9.84 Å². The van der Waals surface area contributed by atoms with Gasteiger partial charge in [-0.05, 0) is 25.0 Å². The summed E-state index contributed by atoms with van der Waals surface area (Å²) in [6.07, 6.45) is 3.20. The highest BCUT2D eigenvalue weighted by atomic mass is 35.5. The predicted octanol–water partition coefficient (Wildman–Crippen LogP) is 1.64. The van der Waals surface area contributed by atoms with Crippen molar-refractivity contribution in [2.75, 3.05) is 11.1 Å². The Morgan fingerprint density at radius 2 is 2.22 bits per heavy atom. The lowest BCUT2D eigenvalue weighted by Gasteiger charge is -2.21. The second kappa shape index (κ2) is 5.24. The summed E-state index contributed by atoms with van der Waals surface area (Å²) in [5.41, 5.74) is 0. The van der Waals surface area contributed by atoms with E-state index in [4.69, 9.17) is 11.6 Å². The standard InChI is InChI=1S/C11H13ClN2O3S/c12-8-4-5-13-10(7-8)14-11(15)9-3-1-2-6-18(9,16)17/h4-5,7,9H,1-3,6H2,(H,13,14,15). The molecule has 5 nitrogen and oxygen atoms in total. The van der Waals surface area contributed by atoms with E-state index < -0.39 is 21.0 Å². The first-order valence-electron chi connectivity index (χ1n) is 5.63. The largest absolute Gasteiger partial charge is 0.310 e. The quantitative estimate of drug-likeness (QED) is 0.897. The van der Waals surface area contributed by atoms with Gasteiger partial charge in [0, 0.05) is 11.2 Å². The van der Waals surface area contributed by atoms with Crippen LogP contribution in [0, 0.1) is 0 Å². The van der Waals surface area contributed by atoms with E-state index in [-0.39, 0.29) is 11.6 Å². The monoisotopic (exact) mass is 288 g/mol. The van der Waals surface area contributed by atoms with Crippen molar-refractivity contribution < 1.29 is 13.2 Å². The van der Waals surface area contributed by atoms with Crippen LogP contribution in [0.2, 0.25) is 5.02 Å². The zero-order chi connectivity index (χ0) is 13.2. The van der Waals surface area contributed by atoms with Crippen LogP contribution < -0.4 is 5.32 Å². The third-order valence-electron chi connectivity index (χ3n) is 2.84. The Morgan fingerprint density at radius 3 is 2.89 bits per heavy atom. The van der Waals surface area contributed by atoms with Gasteiger partial charge in [0.1, 0.15) is 11.1 Å². The van der Waals surface area contributed by atoms with Crippen LogP contribution >= 0.6 is 11.6 Å². The van der Waals surface area contributed by atoms with Crippen molar-refractivity contribution in [1.29, 1.82) is 0 Å². The maximum Gasteiger partial charge on any atom is 0.243 e. The first kappa shape index (κ1) is 13.3. The van der Waals surface area contributed by atoms with Gasteiger partial charge >= 0.3 is 0 Å². The molecule has 1 aromatic rings. The smallest absolute Gasteiger partial charge is 0.243 e. The highest BCUT2D eigenvalue weighted by Crippen LogP contribution is 2.21. The predicted molar refractivity (Wildman–Crippen MR) is 69.3 cm³/mol. The molecule has 7 heteroatoms. The summed E-state index contributed by atoms with van der Waals surface area (Å²) >= 11 is 5.76. The minimum atomic E-state index is -3.33. The van der Waals surface area contributed by atoms with Crippen LogP contribution in [0.3, 0.4) is 0 Å². The van der Waals surface area contributed by atoms with Gasteiger partial charge in [-0.1, -0.05) is 18.0 Å². The highest BCUT2D eigenvalue weighted by Gasteiger charge is 2.34. The van der Waals surface area contributed by atoms with Crippen LogP contribution in [0.4, 0.5) is 5.82 Å². The summed E-state index contributed by atoms with van der Waals surface area (Å²) in [5, 5.41) is 1.97. The number of anilines is 1. The van der Waals surface area contributed by atoms with Gasteiger partial charge in [-0.2, -0.15) is 0 Å². The van der Waals surface area contributed by atoms with Crippen molar-refractivity contribution in [2.24, 2.45) is 0 Å². The molecule has 1 saturated heterocycles. The first-order chi connectivity index (χ1) is 8.49. The van der Waals surface area contributed by atoms with Crippen LogP contribution in [0.5, 0.6) is 0 Å². The fraction of sp³-hybridized carbons (Fsp3) is 0.455. The summed E-state index contributed by atoms with van der Waals surface area (Å²) in [7, 11) is -3.33. The molecule has 0 saturated carbocycles. The molecule has 0 spiro atoms. The molecular formula is C11H13ClN2O3S. The van der Waals surface area contributed by atoms with Gasteiger partial charge < -0.3 is 5.32 Å². The Bertz CT molecular complexity index is 559. The van der Waals surface area contributed by atoms with Crippen molar-refractivity contribution in [3.8, 4) is 0 Å². The molecule has 1 aromatic heterocycles. The van der Waals surface area contributed by atoms with Crippen molar-refractivity contribution in [3.63, 3.8) is 0 Å². The average Bonchev–Trinajstić information content (AvgIpc) is 2.28. The molecule has 2 heterocycles. The van der Waals surface area contributed by atoms with Crippen LogP contribution in [0.25, 0.3) is 0 Å². The Balaban J connectivity index is 2.12. The van der Waals surface area contributed by atoms with E-state index in [2.05, 4.69) is 10.3 Å². The first-order valence-corrected chi connectivity index (χ1v) is 7.72. The number of aromatic nitrogens is 1. The SMILES string of the molecule is O=C(Nc1cc(Cl)ccn1)C1CCCCS1(=O)=O. The van der Waals surface area contributed by atoms with Gasteiger partial charge in [-0.25, -0.2) is 13.4 Å². The zero-order valence-electron chi connectivity index (χ0n) is 9.60. The third-order valence-corrected chi connectivity index (χ3v) is 5.25. The molecule has 2 rings (SSSR count). The number of hydrogen-bond donors (Lipinski definition) is 1. The molecule has 1 aliphatic rings. The van der Waals surface area contributed by atoms with Gasteiger partial charge in [-0.15, -0.1) is 0 Å². The number of carbonyl (C=O) groups excluding carboxylic acids is 1. The molecule has 1 amide bonds. The number of rotatable bonds is 2. The lowest BCUT2D eigenvalue weighted by molar-refractivity contribution is -0.116. The number of nitrogens with one attached hydrogen (secondary N) is 1. The lowest BCUT2D eigenvalue weighted by Crippen LogP contribution is -2.39. The Hall–Kier alpha value is -1.14. The molecule has 0 bridgehead atoms. The second-order valence-electron chi connectivity index (χ2n) is 4.20. The number of nitrogens with zero attached hydrogens (tertiary/aromatic N) is 1. The Labute approximate surface area is 110 Å². The number of amides is 1. The van der Waals surface area contributed by atoms with Crippen LogP contribution in [0.1, 0.15) is 19.3 Å². The van der Waals surface area contributed by atoms with E-state index in [1.165, 1.54) is 12.3 Å². The average molecular weight is 289 g/mol. The van der Waals surface area contributed by atoms with E-state index in [1.807, 2.05) is 0 Å². The maximum absolute atomic E-state index is 11.9. The fourth-order valence-corrected chi connectivity index (χ4v) is 3.89. The van der Waals surface area contributed by atoms with Gasteiger partial charge in [0.05, 0.1) is 5.75 Å². The number of pyridine rings is 1. The Morgan fingerprint density at radius 1 is 1.44 bits per heavy atom. The zero-order valence-corrected chi connectivity index (χ0v) is 11.2. The van der Waals surface area contributed by atoms with E-state index in [9.17, 15) is 13.2 Å². The van der Waals surface area contributed by atoms with E-state index in [0.717, 1.165) is 6.42 Å². The highest BCUT2D eigenvalue weighted by molar-refractivity contribution is 7.92. The number of halogens is 1. The second-order valence-corrected chi connectivity index (χ2v) is 6.94. The molecule has 1 N–H and O–H groups in total. The van der Waals surface area contributed by atoms with Crippen molar-refractivity contribution in [1.82, 2.24) is 4.98 Å². The third kappa shape index (κ3) is 3.00. The molecule has 0 aromatic carbocycles. The number of hydrogen-bond acceptors (Lipinski definition) is 4. The van der Waals surface area contributed by atoms with E-state index >= 15 is 0 Å². The van der Waals surface area contributed by atoms with Gasteiger partial charge in [0.25, 0.3) is 0 Å². The lowest BCUT2D eigenvalue weighted by atomic mass is 10.2. The minimum Gasteiger partial charge on any atom is -0.310 e. The van der Waals surface area contributed by atoms with E-state index in [0.29, 0.717) is 17.9 Å². The summed E-state index contributed by atoms with van der Waals surface area (Å²) in [6.45, 7) is 0. The van der Waals surface area contributed by atoms with E-state index in [1.54, 1.807) is 6.07 Å². The van der Waals surface area contributed by atoms with Crippen LogP contribution in [0.15, 0.2) is 18.3 Å². The van der Waals surface area contributed by atoms with Crippen molar-refractivity contribution in [3.05, 3.63) is 23.4 Å². The summed E-state index contributed by atoms with van der Waals surface area (Å²) in [6, 6.07) is 3.06. The molecule has 1 unspecified atom stereocenters. The maximum atomic E-state index is 11.9. The van der Waals surface area contributed by atoms with Crippen molar-refractivity contribution >= 4 is 33.2 Å². The summed E-state index contributed by atoms with van der Waals surface area (Å²) in [5.74, 6) is -0.175. The van der Waals surface area contributed by atoms with Gasteiger partial charge in [-0.3, -0.25) is 4.79 Å². The Kier molecular flexibility index (Phi) is 3.87. The molecule has 98 valence electrons. The minimum absolute atomic E-state index is 0.0774. The fourth-order valence-electron chi connectivity index (χ4n) is 1.93. The van der Waals surface area contributed by atoms with Gasteiger partial charge in [0.2, 0.25) is 5.91 Å². The summed E-state index contributed by atoms with van der Waals surface area (Å²) in [4.78, 5) is 15.8.